The monoisotopic (exact) mass is 330 g/mol. The topological polar surface area (TPSA) is 32.6 Å². The summed E-state index contributed by atoms with van der Waals surface area (Å²) < 4.78 is 2.13. The quantitative estimate of drug-likeness (QED) is 0.939. The standard InChI is InChI=1S/C15H22N4.2ClH/c1-12-5-6-15-17-14(11-19(15)8-12)10-18-7-3-4-13(9-18)16-2;;/h5-6,8,11,13,16H,3-4,7,9-10H2,1-2H3;2*1H. The summed E-state index contributed by atoms with van der Waals surface area (Å²) in [5, 5.41) is 3.39. The number of hydrogen-bond acceptors (Lipinski definition) is 3. The molecule has 1 aliphatic heterocycles. The summed E-state index contributed by atoms with van der Waals surface area (Å²) in [4.78, 5) is 7.20. The molecule has 1 N–H and O–H groups in total. The van der Waals surface area contributed by atoms with Crippen molar-refractivity contribution in [1.82, 2.24) is 19.6 Å². The fourth-order valence-corrected chi connectivity index (χ4v) is 2.90. The van der Waals surface area contributed by atoms with Gasteiger partial charge in [0.05, 0.1) is 5.69 Å². The summed E-state index contributed by atoms with van der Waals surface area (Å²) in [6.45, 7) is 5.38. The van der Waals surface area contributed by atoms with Crippen molar-refractivity contribution in [3.8, 4) is 0 Å². The molecule has 3 rings (SSSR count). The summed E-state index contributed by atoms with van der Waals surface area (Å²) >= 11 is 0. The van der Waals surface area contributed by atoms with Gasteiger partial charge in [-0.3, -0.25) is 4.90 Å². The molecule has 1 aliphatic rings. The number of aryl methyl sites for hydroxylation is 1. The zero-order valence-corrected chi connectivity index (χ0v) is 14.2. The van der Waals surface area contributed by atoms with Crippen LogP contribution in [0.4, 0.5) is 0 Å². The van der Waals surface area contributed by atoms with Crippen LogP contribution in [0, 0.1) is 6.92 Å². The van der Waals surface area contributed by atoms with Crippen LogP contribution in [0.1, 0.15) is 24.1 Å². The van der Waals surface area contributed by atoms with Crippen LogP contribution in [0.25, 0.3) is 5.65 Å². The van der Waals surface area contributed by atoms with E-state index in [1.807, 2.05) is 0 Å². The number of nitrogens with one attached hydrogen (secondary N) is 1. The summed E-state index contributed by atoms with van der Waals surface area (Å²) in [6.07, 6.45) is 6.86. The molecule has 0 amide bonds. The molecule has 2 aromatic heterocycles. The van der Waals surface area contributed by atoms with Crippen molar-refractivity contribution >= 4 is 30.5 Å². The first-order valence-corrected chi connectivity index (χ1v) is 7.08. The van der Waals surface area contributed by atoms with Crippen LogP contribution in [0.2, 0.25) is 0 Å². The molecule has 1 saturated heterocycles. The maximum atomic E-state index is 4.70. The Hall–Kier alpha value is -0.810. The van der Waals surface area contributed by atoms with Crippen molar-refractivity contribution in [3.05, 3.63) is 35.8 Å². The van der Waals surface area contributed by atoms with Gasteiger partial charge in [0.25, 0.3) is 0 Å². The zero-order valence-electron chi connectivity index (χ0n) is 12.6. The summed E-state index contributed by atoms with van der Waals surface area (Å²) in [5.74, 6) is 0. The van der Waals surface area contributed by atoms with Crippen molar-refractivity contribution in [2.75, 3.05) is 20.1 Å². The minimum Gasteiger partial charge on any atom is -0.316 e. The van der Waals surface area contributed by atoms with Gasteiger partial charge in [-0.05, 0) is 45.0 Å². The fraction of sp³-hybridized carbons (Fsp3) is 0.533. The average molecular weight is 331 g/mol. The first kappa shape index (κ1) is 18.2. The number of aromatic nitrogens is 2. The van der Waals surface area contributed by atoms with E-state index in [1.54, 1.807) is 0 Å². The number of nitrogens with zero attached hydrogens (tertiary/aromatic N) is 3. The van der Waals surface area contributed by atoms with Gasteiger partial charge >= 0.3 is 0 Å². The molecule has 0 radical (unpaired) electrons. The van der Waals surface area contributed by atoms with E-state index in [0.717, 1.165) is 18.7 Å². The van der Waals surface area contributed by atoms with E-state index in [0.29, 0.717) is 6.04 Å². The number of halogens is 2. The number of piperidine rings is 1. The second kappa shape index (κ2) is 7.99. The SMILES string of the molecule is CNC1CCCN(Cc2cn3cc(C)ccc3n2)C1.Cl.Cl. The highest BCUT2D eigenvalue weighted by atomic mass is 35.5. The first-order valence-electron chi connectivity index (χ1n) is 7.08. The maximum Gasteiger partial charge on any atom is 0.137 e. The molecule has 118 valence electrons. The Balaban J connectivity index is 0.00000110. The van der Waals surface area contributed by atoms with Gasteiger partial charge in [0.1, 0.15) is 5.65 Å². The van der Waals surface area contributed by atoms with Crippen LogP contribution in [-0.2, 0) is 6.54 Å². The van der Waals surface area contributed by atoms with Crippen molar-refractivity contribution in [1.29, 1.82) is 0 Å². The predicted molar refractivity (Wildman–Crippen MR) is 91.8 cm³/mol. The highest BCUT2D eigenvalue weighted by molar-refractivity contribution is 5.85. The lowest BCUT2D eigenvalue weighted by Gasteiger charge is -2.31. The molecular weight excluding hydrogens is 307 g/mol. The average Bonchev–Trinajstić information content (AvgIpc) is 2.80. The van der Waals surface area contributed by atoms with Gasteiger partial charge in [0.2, 0.25) is 0 Å². The lowest BCUT2D eigenvalue weighted by molar-refractivity contribution is 0.186. The summed E-state index contributed by atoms with van der Waals surface area (Å²) in [5.41, 5.74) is 3.48. The molecule has 6 heteroatoms. The van der Waals surface area contributed by atoms with Gasteiger partial charge < -0.3 is 9.72 Å². The molecule has 0 aromatic carbocycles. The third-order valence-electron chi connectivity index (χ3n) is 3.95. The van der Waals surface area contributed by atoms with Gasteiger partial charge in [-0.1, -0.05) is 6.07 Å². The summed E-state index contributed by atoms with van der Waals surface area (Å²) in [7, 11) is 2.06. The van der Waals surface area contributed by atoms with E-state index in [9.17, 15) is 0 Å². The van der Waals surface area contributed by atoms with E-state index in [1.165, 1.54) is 30.6 Å². The van der Waals surface area contributed by atoms with Gasteiger partial charge in [-0.2, -0.15) is 0 Å². The second-order valence-electron chi connectivity index (χ2n) is 5.57. The van der Waals surface area contributed by atoms with E-state index < -0.39 is 0 Å². The van der Waals surface area contributed by atoms with Crippen LogP contribution in [-0.4, -0.2) is 40.5 Å². The molecule has 21 heavy (non-hydrogen) atoms. The minimum atomic E-state index is 0. The highest BCUT2D eigenvalue weighted by Crippen LogP contribution is 2.14. The Morgan fingerprint density at radius 3 is 2.86 bits per heavy atom. The van der Waals surface area contributed by atoms with Gasteiger partial charge in [0.15, 0.2) is 0 Å². The normalized spacial score (nSPS) is 19.0. The fourth-order valence-electron chi connectivity index (χ4n) is 2.90. The number of rotatable bonds is 3. The molecule has 0 aliphatic carbocycles. The highest BCUT2D eigenvalue weighted by Gasteiger charge is 2.19. The molecule has 0 bridgehead atoms. The lowest BCUT2D eigenvalue weighted by Crippen LogP contribution is -2.43. The smallest absolute Gasteiger partial charge is 0.137 e. The maximum absolute atomic E-state index is 4.70. The Morgan fingerprint density at radius 2 is 2.10 bits per heavy atom. The number of imidazole rings is 1. The van der Waals surface area contributed by atoms with Crippen LogP contribution in [0.15, 0.2) is 24.5 Å². The van der Waals surface area contributed by atoms with E-state index in [2.05, 4.69) is 53.1 Å². The Morgan fingerprint density at radius 1 is 1.29 bits per heavy atom. The van der Waals surface area contributed by atoms with E-state index in [-0.39, 0.29) is 24.8 Å². The number of hydrogen-bond donors (Lipinski definition) is 1. The van der Waals surface area contributed by atoms with Gasteiger partial charge in [-0.25, -0.2) is 4.98 Å². The Kier molecular flexibility index (Phi) is 6.94. The van der Waals surface area contributed by atoms with Crippen LogP contribution < -0.4 is 5.32 Å². The molecule has 1 atom stereocenters. The number of likely N-dealkylation sites (tertiary alicyclic amines) is 1. The number of fused-ring (bicyclic) bond motifs is 1. The first-order chi connectivity index (χ1) is 9.24. The van der Waals surface area contributed by atoms with E-state index >= 15 is 0 Å². The Labute approximate surface area is 138 Å². The van der Waals surface area contributed by atoms with Gasteiger partial charge in [-0.15, -0.1) is 24.8 Å². The molecule has 0 spiro atoms. The third kappa shape index (κ3) is 4.33. The largest absolute Gasteiger partial charge is 0.316 e. The lowest BCUT2D eigenvalue weighted by atomic mass is 10.1. The van der Waals surface area contributed by atoms with Crippen molar-refractivity contribution in [2.45, 2.75) is 32.4 Å². The van der Waals surface area contributed by atoms with Crippen LogP contribution in [0.5, 0.6) is 0 Å². The molecular formula is C15H24Cl2N4. The predicted octanol–water partition coefficient (Wildman–Crippen LogP) is 2.67. The second-order valence-corrected chi connectivity index (χ2v) is 5.57. The molecule has 0 saturated carbocycles. The van der Waals surface area contributed by atoms with Crippen LogP contribution in [0.3, 0.4) is 0 Å². The molecule has 1 unspecified atom stereocenters. The zero-order chi connectivity index (χ0) is 13.2. The van der Waals surface area contributed by atoms with Crippen LogP contribution >= 0.6 is 24.8 Å². The summed E-state index contributed by atoms with van der Waals surface area (Å²) in [6, 6.07) is 4.84. The van der Waals surface area contributed by atoms with E-state index in [4.69, 9.17) is 4.98 Å². The van der Waals surface area contributed by atoms with Crippen molar-refractivity contribution < 1.29 is 0 Å². The molecule has 1 fully saturated rings. The number of likely N-dealkylation sites (N-methyl/N-ethyl adjacent to an activating group) is 1. The van der Waals surface area contributed by atoms with Crippen molar-refractivity contribution in [2.24, 2.45) is 0 Å². The minimum absolute atomic E-state index is 0. The number of pyridine rings is 1. The third-order valence-corrected chi connectivity index (χ3v) is 3.95. The molecule has 2 aromatic rings. The van der Waals surface area contributed by atoms with Crippen molar-refractivity contribution in [3.63, 3.8) is 0 Å². The molecule has 3 heterocycles. The Bertz CT molecular complexity index is 570. The molecule has 4 nitrogen and oxygen atoms in total. The van der Waals surface area contributed by atoms with Gasteiger partial charge in [0, 0.05) is 31.5 Å².